The summed E-state index contributed by atoms with van der Waals surface area (Å²) in [7, 11) is 0.666. The Morgan fingerprint density at radius 2 is 0.722 bits per heavy atom. The first-order valence-corrected chi connectivity index (χ1v) is 30.2. The minimum Gasteiger partial charge on any atom is -0.427 e. The molecule has 7 rings (SSSR count). The van der Waals surface area contributed by atoms with Gasteiger partial charge in [-0.2, -0.15) is 0 Å². The molecule has 0 atom stereocenters. The smallest absolute Gasteiger partial charge is 0.357 e. The Bertz CT molecular complexity index is 2580. The summed E-state index contributed by atoms with van der Waals surface area (Å²) in [5.41, 5.74) is 4.21. The predicted octanol–water partition coefficient (Wildman–Crippen LogP) is 6.14. The summed E-state index contributed by atoms with van der Waals surface area (Å²) >= 11 is -0.466. The van der Waals surface area contributed by atoms with E-state index in [0.717, 1.165) is 28.0 Å². The Kier molecular flexibility index (Phi) is 28.1. The van der Waals surface area contributed by atoms with Crippen LogP contribution in [0.1, 0.15) is 84.6 Å². The zero-order valence-corrected chi connectivity index (χ0v) is 47.6. The Balaban J connectivity index is 0.000000328. The lowest BCUT2D eigenvalue weighted by Crippen LogP contribution is -3.61. The fourth-order valence-electron chi connectivity index (χ4n) is 6.65. The maximum absolute atomic E-state index is 11.0. The van der Waals surface area contributed by atoms with Crippen LogP contribution in [-0.2, 0) is 45.8 Å². The van der Waals surface area contributed by atoms with Gasteiger partial charge in [0.05, 0.1) is 0 Å². The molecule has 14 heteroatoms. The molecule has 6 aromatic rings. The molecule has 0 amide bonds. The number of ether oxygens (including phenoxy) is 5. The molecule has 0 radical (unpaired) electrons. The highest BCUT2D eigenvalue weighted by Crippen LogP contribution is 2.31. The standard InChI is InChI=1S/C16H14IO4.C14H12IO2.C14H19O2S.C12H17O2S.2CH4/c1-11(18)20-15-7-3-13(4-8-15)17-14-5-9-16(10-6-14)21-12(2)19;1-11(16)17-14-9-7-13(8-10-14)15-12-5-3-2-4-6-12;1-10-8-13(17-6-4-5-7-17)9-11(2)14(10)16-12(3)15;1-8-6-11(15(4)5)7-9(2)12(8)14-10(3)13;;/h3-10H,1-2H3;2-10H,1H3;8-9H,4-7H2,1-3H3;6-7H,1-5H3;2*1H4/q4*+1;;. The Morgan fingerprint density at radius 3 is 1.01 bits per heavy atom. The van der Waals surface area contributed by atoms with Crippen LogP contribution in [0.2, 0.25) is 0 Å². The van der Waals surface area contributed by atoms with Crippen LogP contribution in [0.3, 0.4) is 0 Å². The second-order valence-corrected chi connectivity index (χ2v) is 26.5. The van der Waals surface area contributed by atoms with E-state index in [4.69, 9.17) is 23.7 Å². The lowest BCUT2D eigenvalue weighted by atomic mass is 10.1. The number of rotatable bonds is 11. The molecule has 384 valence electrons. The van der Waals surface area contributed by atoms with Crippen molar-refractivity contribution in [1.82, 2.24) is 0 Å². The fraction of sp³-hybridized carbons (Fsp3) is 0.293. The Hall–Kier alpha value is -5.17. The van der Waals surface area contributed by atoms with E-state index in [9.17, 15) is 24.0 Å². The van der Waals surface area contributed by atoms with Gasteiger partial charge >= 0.3 is 72.3 Å². The third-order valence-corrected chi connectivity index (χ3v) is 18.6. The van der Waals surface area contributed by atoms with Crippen LogP contribution in [0.4, 0.5) is 0 Å². The van der Waals surface area contributed by atoms with Crippen molar-refractivity contribution >= 4 is 51.6 Å². The number of carbonyl (C=O) groups is 5. The van der Waals surface area contributed by atoms with Gasteiger partial charge in [0.1, 0.15) is 52.8 Å². The topological polar surface area (TPSA) is 132 Å². The molecule has 0 spiro atoms. The average molecular weight is 1250 g/mol. The number of hydrogen-bond acceptors (Lipinski definition) is 10. The normalized spacial score (nSPS) is 11.3. The van der Waals surface area contributed by atoms with Gasteiger partial charge in [-0.15, -0.1) is 0 Å². The number of hydrogen-bond donors (Lipinski definition) is 0. The number of benzene rings is 6. The highest BCUT2D eigenvalue weighted by Gasteiger charge is 2.28. The second-order valence-electron chi connectivity index (χ2n) is 16.0. The monoisotopic (exact) mass is 1240 g/mol. The van der Waals surface area contributed by atoms with Crippen LogP contribution in [0.15, 0.2) is 137 Å². The van der Waals surface area contributed by atoms with Gasteiger partial charge in [0, 0.05) is 56.4 Å². The van der Waals surface area contributed by atoms with E-state index in [-0.39, 0.29) is 98.0 Å². The van der Waals surface area contributed by atoms with Crippen LogP contribution in [-0.4, -0.2) is 53.9 Å². The third-order valence-electron chi connectivity index (χ3n) is 9.59. The average Bonchev–Trinajstić information content (AvgIpc) is 3.84. The van der Waals surface area contributed by atoms with Gasteiger partial charge < -0.3 is 23.7 Å². The van der Waals surface area contributed by atoms with E-state index in [1.54, 1.807) is 24.3 Å². The molecule has 6 aromatic carbocycles. The van der Waals surface area contributed by atoms with Crippen molar-refractivity contribution in [2.45, 2.75) is 99.8 Å². The van der Waals surface area contributed by atoms with Crippen LogP contribution in [0.5, 0.6) is 28.7 Å². The van der Waals surface area contributed by atoms with Crippen molar-refractivity contribution < 1.29 is 90.1 Å². The van der Waals surface area contributed by atoms with Crippen LogP contribution >= 0.6 is 0 Å². The maximum Gasteiger partial charge on any atom is 0.357 e. The van der Waals surface area contributed by atoms with Crippen molar-refractivity contribution in [3.8, 4) is 28.7 Å². The van der Waals surface area contributed by atoms with Crippen molar-refractivity contribution in [3.05, 3.63) is 164 Å². The molecule has 0 saturated carbocycles. The minimum atomic E-state index is -0.321. The summed E-state index contributed by atoms with van der Waals surface area (Å²) in [6, 6.07) is 41.8. The molecule has 10 nitrogen and oxygen atoms in total. The quantitative estimate of drug-likeness (QED) is 0.0646. The number of halogens is 2. The zero-order chi connectivity index (χ0) is 51.3. The molecule has 1 saturated heterocycles. The van der Waals surface area contributed by atoms with Crippen LogP contribution in [0, 0.1) is 42.0 Å². The SMILES string of the molecule is C.C.CC(=O)Oc1c(C)cc([S+](C)C)cc1C.CC(=O)Oc1c(C)cc([S+]2CCCC2)cc1C.CC(=O)Oc1ccc([I+]c2ccc(OC(C)=O)cc2)cc1.CC(=O)Oc1ccc([I+]c2ccccc2)cc1. The summed E-state index contributed by atoms with van der Waals surface area (Å²) < 4.78 is 30.5. The summed E-state index contributed by atoms with van der Waals surface area (Å²) in [5.74, 6) is 4.39. The van der Waals surface area contributed by atoms with Gasteiger partial charge in [0.2, 0.25) is 0 Å². The van der Waals surface area contributed by atoms with E-state index >= 15 is 0 Å². The molecular weight excluding hydrogens is 1170 g/mol. The lowest BCUT2D eigenvalue weighted by Gasteiger charge is -2.10. The van der Waals surface area contributed by atoms with E-state index < -0.39 is 0 Å². The van der Waals surface area contributed by atoms with Gasteiger partial charge in [-0.25, -0.2) is 0 Å². The van der Waals surface area contributed by atoms with Gasteiger partial charge in [-0.3, -0.25) is 24.0 Å². The van der Waals surface area contributed by atoms with Crippen LogP contribution in [0.25, 0.3) is 0 Å². The highest BCUT2D eigenvalue weighted by molar-refractivity contribution is 7.97. The zero-order valence-electron chi connectivity index (χ0n) is 41.6. The van der Waals surface area contributed by atoms with E-state index in [2.05, 4.69) is 61.0 Å². The first kappa shape index (κ1) is 62.9. The summed E-state index contributed by atoms with van der Waals surface area (Å²) in [6.45, 7) is 15.0. The Labute approximate surface area is 454 Å². The molecule has 0 aromatic heterocycles. The number of carbonyl (C=O) groups excluding carboxylic acids is 5. The van der Waals surface area contributed by atoms with Gasteiger partial charge in [0.25, 0.3) is 0 Å². The summed E-state index contributed by atoms with van der Waals surface area (Å²) in [5, 5.41) is 0. The fourth-order valence-corrected chi connectivity index (χ4v) is 14.3. The lowest BCUT2D eigenvalue weighted by molar-refractivity contribution is -0.597. The van der Waals surface area contributed by atoms with Crippen molar-refractivity contribution in [2.75, 3.05) is 24.0 Å². The predicted molar refractivity (Wildman–Crippen MR) is 284 cm³/mol. The molecule has 0 bridgehead atoms. The molecule has 1 aliphatic rings. The molecule has 0 N–H and O–H groups in total. The summed E-state index contributed by atoms with van der Waals surface area (Å²) in [4.78, 5) is 57.2. The molecule has 72 heavy (non-hydrogen) atoms. The van der Waals surface area contributed by atoms with Gasteiger partial charge in [-0.1, -0.05) is 33.1 Å². The van der Waals surface area contributed by atoms with E-state index in [1.165, 1.54) is 83.0 Å². The van der Waals surface area contributed by atoms with Gasteiger partial charge in [0.15, 0.2) is 24.1 Å². The first-order chi connectivity index (χ1) is 33.3. The van der Waals surface area contributed by atoms with Gasteiger partial charge in [-0.05, 0) is 172 Å². The van der Waals surface area contributed by atoms with Crippen molar-refractivity contribution in [2.24, 2.45) is 0 Å². The summed E-state index contributed by atoms with van der Waals surface area (Å²) in [6.07, 6.45) is 7.07. The minimum absolute atomic E-state index is 0. The van der Waals surface area contributed by atoms with Crippen molar-refractivity contribution in [3.63, 3.8) is 0 Å². The molecule has 1 aliphatic heterocycles. The molecule has 0 unspecified atom stereocenters. The largest absolute Gasteiger partial charge is 0.427 e. The Morgan fingerprint density at radius 1 is 0.431 bits per heavy atom. The first-order valence-electron chi connectivity index (χ1n) is 22.3. The third kappa shape index (κ3) is 22.7. The van der Waals surface area contributed by atoms with E-state index in [0.29, 0.717) is 33.9 Å². The molecular formula is C58H70I2O10S2+4. The number of aryl methyl sites for hydroxylation is 4. The molecule has 1 fully saturated rings. The van der Waals surface area contributed by atoms with Crippen molar-refractivity contribution in [1.29, 1.82) is 0 Å². The number of esters is 5. The van der Waals surface area contributed by atoms with E-state index in [1.807, 2.05) is 82.3 Å². The molecule has 0 aliphatic carbocycles. The second kappa shape index (κ2) is 32.1. The maximum atomic E-state index is 11.0. The molecule has 1 heterocycles. The van der Waals surface area contributed by atoms with Crippen LogP contribution < -0.4 is 66.1 Å². The highest BCUT2D eigenvalue weighted by atomic mass is 127.